The van der Waals surface area contributed by atoms with E-state index in [2.05, 4.69) is 11.1 Å². The second-order valence-corrected chi connectivity index (χ2v) is 4.83. The van der Waals surface area contributed by atoms with E-state index in [0.29, 0.717) is 31.0 Å². The van der Waals surface area contributed by atoms with Crippen molar-refractivity contribution in [1.29, 1.82) is 5.26 Å². The summed E-state index contributed by atoms with van der Waals surface area (Å²) in [4.78, 5) is 15.2. The number of hydrogen-bond donors (Lipinski definition) is 1. The topological polar surface area (TPSA) is 93.9 Å². The molecule has 0 saturated carbocycles. The molecular weight excluding hydrogens is 292 g/mol. The summed E-state index contributed by atoms with van der Waals surface area (Å²) in [7, 11) is 0. The number of amides is 1. The minimum atomic E-state index is -0.502. The lowest BCUT2D eigenvalue weighted by Crippen LogP contribution is -2.20. The summed E-state index contributed by atoms with van der Waals surface area (Å²) in [6, 6.07) is 7.44. The van der Waals surface area contributed by atoms with E-state index in [1.54, 1.807) is 12.1 Å². The Morgan fingerprint density at radius 1 is 1.52 bits per heavy atom. The van der Waals surface area contributed by atoms with Crippen LogP contribution in [0.15, 0.2) is 18.2 Å². The Morgan fingerprint density at radius 3 is 3.00 bits per heavy atom. The molecule has 6 nitrogen and oxygen atoms in total. The summed E-state index contributed by atoms with van der Waals surface area (Å²) in [6.07, 6.45) is 0.619. The van der Waals surface area contributed by atoms with E-state index in [1.165, 1.54) is 0 Å². The number of halogens is 1. The van der Waals surface area contributed by atoms with Crippen molar-refractivity contribution in [2.24, 2.45) is 5.73 Å². The van der Waals surface area contributed by atoms with Gasteiger partial charge in [0.05, 0.1) is 29.3 Å². The van der Waals surface area contributed by atoms with E-state index in [0.717, 1.165) is 16.9 Å². The summed E-state index contributed by atoms with van der Waals surface area (Å²) >= 11 is 5.80. The van der Waals surface area contributed by atoms with Gasteiger partial charge >= 0.3 is 0 Å². The van der Waals surface area contributed by atoms with Gasteiger partial charge in [0.2, 0.25) is 5.91 Å². The smallest absolute Gasteiger partial charge is 0.243 e. The van der Waals surface area contributed by atoms with E-state index in [9.17, 15) is 4.79 Å². The number of ether oxygens (including phenoxy) is 1. The van der Waals surface area contributed by atoms with Crippen LogP contribution in [0.5, 0.6) is 0 Å². The van der Waals surface area contributed by atoms with Crippen molar-refractivity contribution in [1.82, 2.24) is 9.55 Å². The van der Waals surface area contributed by atoms with E-state index in [1.807, 2.05) is 10.6 Å². The third-order valence-electron chi connectivity index (χ3n) is 2.98. The van der Waals surface area contributed by atoms with Crippen molar-refractivity contribution in [3.8, 4) is 6.07 Å². The molecule has 1 aromatic carbocycles. The van der Waals surface area contributed by atoms with Crippen LogP contribution in [0.25, 0.3) is 11.0 Å². The van der Waals surface area contributed by atoms with Crippen LogP contribution in [0.1, 0.15) is 11.4 Å². The standard InChI is InChI=1S/C14H15ClN4O2/c15-4-3-14-18-11-2-1-10(8-16)7-12(11)19(14)5-6-21-9-13(17)20/h1-2,7H,3-6,9H2,(H2,17,20). The summed E-state index contributed by atoms with van der Waals surface area (Å²) in [5, 5.41) is 9.00. The number of hydrogen-bond acceptors (Lipinski definition) is 4. The lowest BCUT2D eigenvalue weighted by Gasteiger charge is -2.08. The number of imidazole rings is 1. The van der Waals surface area contributed by atoms with Crippen LogP contribution < -0.4 is 5.73 Å². The second kappa shape index (κ2) is 7.07. The maximum atomic E-state index is 10.7. The Kier molecular flexibility index (Phi) is 5.14. The number of carbonyl (C=O) groups excluding carboxylic acids is 1. The highest BCUT2D eigenvalue weighted by molar-refractivity contribution is 6.17. The van der Waals surface area contributed by atoms with Crippen LogP contribution in [0.4, 0.5) is 0 Å². The Morgan fingerprint density at radius 2 is 2.33 bits per heavy atom. The van der Waals surface area contributed by atoms with Gasteiger partial charge in [0.1, 0.15) is 12.4 Å². The Hall–Kier alpha value is -2.10. The average Bonchev–Trinajstić information content (AvgIpc) is 2.80. The number of alkyl halides is 1. The molecule has 1 amide bonds. The number of carbonyl (C=O) groups is 1. The minimum absolute atomic E-state index is 0.110. The first-order valence-corrected chi connectivity index (χ1v) is 7.00. The molecule has 2 N–H and O–H groups in total. The van der Waals surface area contributed by atoms with Gasteiger partial charge in [-0.3, -0.25) is 4.79 Å². The lowest BCUT2D eigenvalue weighted by molar-refractivity contribution is -0.122. The van der Waals surface area contributed by atoms with E-state index in [4.69, 9.17) is 27.3 Å². The van der Waals surface area contributed by atoms with Crippen LogP contribution >= 0.6 is 11.6 Å². The quantitative estimate of drug-likeness (QED) is 0.614. The zero-order valence-corrected chi connectivity index (χ0v) is 12.1. The number of nitrogens with two attached hydrogens (primary N) is 1. The Labute approximate surface area is 127 Å². The van der Waals surface area contributed by atoms with E-state index >= 15 is 0 Å². The molecule has 7 heteroatoms. The van der Waals surface area contributed by atoms with Crippen molar-refractivity contribution < 1.29 is 9.53 Å². The first kappa shape index (κ1) is 15.3. The molecule has 0 bridgehead atoms. The molecule has 0 saturated heterocycles. The molecule has 0 aliphatic heterocycles. The molecule has 1 heterocycles. The molecule has 0 aliphatic rings. The summed E-state index contributed by atoms with van der Waals surface area (Å²) in [5.74, 6) is 0.785. The summed E-state index contributed by atoms with van der Waals surface area (Å²) in [5.41, 5.74) is 7.26. The van der Waals surface area contributed by atoms with Gasteiger partial charge in [-0.1, -0.05) is 0 Å². The molecule has 1 aromatic heterocycles. The predicted molar refractivity (Wildman–Crippen MR) is 78.9 cm³/mol. The number of primary amides is 1. The number of nitriles is 1. The SMILES string of the molecule is N#Cc1ccc2nc(CCCl)n(CCOCC(N)=O)c2c1. The van der Waals surface area contributed by atoms with Crippen LogP contribution in [-0.4, -0.2) is 34.6 Å². The Bertz CT molecular complexity index is 690. The van der Waals surface area contributed by atoms with Gasteiger partial charge in [-0.05, 0) is 18.2 Å². The molecule has 0 fully saturated rings. The fraction of sp³-hybridized carbons (Fsp3) is 0.357. The zero-order valence-electron chi connectivity index (χ0n) is 11.4. The molecule has 0 atom stereocenters. The van der Waals surface area contributed by atoms with Crippen LogP contribution in [0.3, 0.4) is 0 Å². The number of rotatable bonds is 7. The highest BCUT2D eigenvalue weighted by atomic mass is 35.5. The highest BCUT2D eigenvalue weighted by Gasteiger charge is 2.11. The fourth-order valence-electron chi connectivity index (χ4n) is 2.10. The third kappa shape index (κ3) is 3.72. The second-order valence-electron chi connectivity index (χ2n) is 4.45. The molecule has 2 aromatic rings. The summed E-state index contributed by atoms with van der Waals surface area (Å²) in [6.45, 7) is 0.742. The molecule has 2 rings (SSSR count). The number of aromatic nitrogens is 2. The van der Waals surface area contributed by atoms with Crippen molar-refractivity contribution in [2.75, 3.05) is 19.1 Å². The van der Waals surface area contributed by atoms with Crippen molar-refractivity contribution in [3.05, 3.63) is 29.6 Å². The van der Waals surface area contributed by atoms with Gasteiger partial charge in [-0.2, -0.15) is 5.26 Å². The number of fused-ring (bicyclic) bond motifs is 1. The molecule has 0 unspecified atom stereocenters. The number of benzene rings is 1. The van der Waals surface area contributed by atoms with Crippen molar-refractivity contribution in [2.45, 2.75) is 13.0 Å². The maximum absolute atomic E-state index is 10.7. The first-order valence-electron chi connectivity index (χ1n) is 6.47. The van der Waals surface area contributed by atoms with Gasteiger partial charge in [0, 0.05) is 18.8 Å². The van der Waals surface area contributed by atoms with Crippen molar-refractivity contribution >= 4 is 28.5 Å². The number of aryl methyl sites for hydroxylation is 1. The number of nitrogens with zero attached hydrogens (tertiary/aromatic N) is 3. The molecule has 0 aliphatic carbocycles. The molecule has 0 radical (unpaired) electrons. The van der Waals surface area contributed by atoms with Crippen LogP contribution in [0.2, 0.25) is 0 Å². The fourth-order valence-corrected chi connectivity index (χ4v) is 2.26. The first-order chi connectivity index (χ1) is 10.2. The summed E-state index contributed by atoms with van der Waals surface area (Å²) < 4.78 is 7.14. The largest absolute Gasteiger partial charge is 0.370 e. The van der Waals surface area contributed by atoms with Gasteiger partial charge in [-0.15, -0.1) is 11.6 Å². The average molecular weight is 307 g/mol. The van der Waals surface area contributed by atoms with Gasteiger partial charge < -0.3 is 15.0 Å². The van der Waals surface area contributed by atoms with Gasteiger partial charge in [0.15, 0.2) is 0 Å². The molecule has 21 heavy (non-hydrogen) atoms. The van der Waals surface area contributed by atoms with Crippen LogP contribution in [-0.2, 0) is 22.5 Å². The third-order valence-corrected chi connectivity index (χ3v) is 3.17. The van der Waals surface area contributed by atoms with Crippen molar-refractivity contribution in [3.63, 3.8) is 0 Å². The predicted octanol–water partition coefficient (Wildman–Crippen LogP) is 1.19. The molecule has 110 valence electrons. The van der Waals surface area contributed by atoms with E-state index < -0.39 is 5.91 Å². The Balaban J connectivity index is 2.26. The highest BCUT2D eigenvalue weighted by Crippen LogP contribution is 2.18. The molecular formula is C14H15ClN4O2. The monoisotopic (exact) mass is 306 g/mol. The lowest BCUT2D eigenvalue weighted by atomic mass is 10.2. The van der Waals surface area contributed by atoms with Gasteiger partial charge in [0.25, 0.3) is 0 Å². The zero-order chi connectivity index (χ0) is 15.2. The van der Waals surface area contributed by atoms with Crippen LogP contribution in [0, 0.1) is 11.3 Å². The minimum Gasteiger partial charge on any atom is -0.370 e. The van der Waals surface area contributed by atoms with Gasteiger partial charge in [-0.25, -0.2) is 4.98 Å². The molecule has 0 spiro atoms. The normalized spacial score (nSPS) is 10.7. The van der Waals surface area contributed by atoms with E-state index in [-0.39, 0.29) is 6.61 Å². The maximum Gasteiger partial charge on any atom is 0.243 e.